The number of allylic oxidation sites excluding steroid dienone is 1. The second-order valence-electron chi connectivity index (χ2n) is 10.6. The Bertz CT molecular complexity index is 1720. The molecule has 1 aliphatic heterocycles. The molecule has 1 unspecified atom stereocenters. The monoisotopic (exact) mass is 613 g/mol. The number of thiophene rings is 1. The van der Waals surface area contributed by atoms with E-state index in [1.807, 2.05) is 56.3 Å². The van der Waals surface area contributed by atoms with Crippen molar-refractivity contribution >= 4 is 77.7 Å². The van der Waals surface area contributed by atoms with Crippen molar-refractivity contribution in [2.24, 2.45) is 10.2 Å². The average molecular weight is 614 g/mol. The van der Waals surface area contributed by atoms with E-state index in [-0.39, 0.29) is 22.5 Å². The van der Waals surface area contributed by atoms with Crippen molar-refractivity contribution in [3.63, 3.8) is 0 Å². The van der Waals surface area contributed by atoms with Gasteiger partial charge < -0.3 is 0 Å². The number of hydrogen-bond donors (Lipinski definition) is 0. The van der Waals surface area contributed by atoms with Gasteiger partial charge in [-0.25, -0.2) is 4.98 Å². The van der Waals surface area contributed by atoms with Crippen LogP contribution in [-0.4, -0.2) is 38.3 Å². The van der Waals surface area contributed by atoms with Crippen LogP contribution in [0.2, 0.25) is 0 Å². The second-order valence-corrected chi connectivity index (χ2v) is 13.0. The van der Waals surface area contributed by atoms with Crippen LogP contribution >= 0.6 is 34.9 Å². The molecule has 2 aromatic heterocycles. The van der Waals surface area contributed by atoms with E-state index in [1.54, 1.807) is 0 Å². The number of aryl methyl sites for hydroxylation is 1. The predicted octanol–water partition coefficient (Wildman–Crippen LogP) is 8.55. The van der Waals surface area contributed by atoms with E-state index in [4.69, 9.17) is 17.2 Å². The van der Waals surface area contributed by atoms with E-state index < -0.39 is 0 Å². The van der Waals surface area contributed by atoms with E-state index >= 15 is 0 Å². The van der Waals surface area contributed by atoms with E-state index in [9.17, 15) is 9.59 Å². The normalized spacial score (nSPS) is 18.8. The molecule has 0 spiro atoms. The van der Waals surface area contributed by atoms with Gasteiger partial charge in [-0.2, -0.15) is 0 Å². The Kier molecular flexibility index (Phi) is 8.11. The van der Waals surface area contributed by atoms with E-state index in [1.165, 1.54) is 56.4 Å². The number of carbonyl (C=O) groups is 2. The first-order valence-corrected chi connectivity index (χ1v) is 16.3. The molecule has 2 aliphatic rings. The highest BCUT2D eigenvalue weighted by Gasteiger charge is 2.40. The molecular weight excluding hydrogens is 583 g/mol. The molecule has 1 atom stereocenters. The van der Waals surface area contributed by atoms with Gasteiger partial charge in [0.15, 0.2) is 5.11 Å². The maximum Gasteiger partial charge on any atom is 0.266 e. The number of aromatic nitrogens is 1. The number of nitrogens with zero attached hydrogens (tertiary/aromatic N) is 5. The van der Waals surface area contributed by atoms with Crippen LogP contribution < -0.4 is 0 Å². The molecule has 42 heavy (non-hydrogen) atoms. The molecule has 7 nitrogen and oxygen atoms in total. The quantitative estimate of drug-likeness (QED) is 0.0906. The van der Waals surface area contributed by atoms with Gasteiger partial charge in [-0.05, 0) is 91.2 Å². The lowest BCUT2D eigenvalue weighted by Gasteiger charge is -2.37. The number of azo groups is 1. The van der Waals surface area contributed by atoms with Gasteiger partial charge in [-0.1, -0.05) is 61.6 Å². The fraction of sp³-hybridized carbons (Fsp3) is 0.312. The SMILES string of the molecule is CC/C(=C1/C(=O)N(CC)C(=S)N(Cc2ccccc2)C1=O)c1cc2sc(N=Nc3ccc4c(c3)CCCC4C)nc2s1. The van der Waals surface area contributed by atoms with Crippen LogP contribution in [0.15, 0.2) is 70.4 Å². The number of carbonyl (C=O) groups excluding carboxylic acids is 2. The molecule has 1 fully saturated rings. The Morgan fingerprint density at radius 2 is 1.81 bits per heavy atom. The summed E-state index contributed by atoms with van der Waals surface area (Å²) in [7, 11) is 0. The Morgan fingerprint density at radius 1 is 1.02 bits per heavy atom. The van der Waals surface area contributed by atoms with Crippen molar-refractivity contribution in [2.75, 3.05) is 6.54 Å². The lowest BCUT2D eigenvalue weighted by molar-refractivity contribution is -0.134. The smallest absolute Gasteiger partial charge is 0.266 e. The Balaban J connectivity index is 1.29. The van der Waals surface area contributed by atoms with Crippen LogP contribution in [0, 0.1) is 0 Å². The zero-order valence-corrected chi connectivity index (χ0v) is 26.2. The topological polar surface area (TPSA) is 78.2 Å². The van der Waals surface area contributed by atoms with Gasteiger partial charge in [-0.3, -0.25) is 19.4 Å². The number of thiazole rings is 1. The third-order valence-electron chi connectivity index (χ3n) is 7.90. The molecule has 0 radical (unpaired) electrons. The minimum absolute atomic E-state index is 0.180. The number of rotatable bonds is 7. The molecule has 2 aromatic carbocycles. The molecule has 3 heterocycles. The minimum Gasteiger partial charge on any atom is -0.285 e. The molecule has 4 aromatic rings. The Hall–Kier alpha value is -3.60. The second kappa shape index (κ2) is 11.9. The molecule has 1 aliphatic carbocycles. The molecule has 0 saturated carbocycles. The highest BCUT2D eigenvalue weighted by atomic mass is 32.1. The van der Waals surface area contributed by atoms with Crippen molar-refractivity contribution in [1.82, 2.24) is 14.8 Å². The molecule has 2 amide bonds. The summed E-state index contributed by atoms with van der Waals surface area (Å²) in [6.07, 6.45) is 4.06. The van der Waals surface area contributed by atoms with Crippen molar-refractivity contribution in [2.45, 2.75) is 58.9 Å². The lowest BCUT2D eigenvalue weighted by atomic mass is 9.84. The summed E-state index contributed by atoms with van der Waals surface area (Å²) in [4.78, 5) is 36.8. The number of amides is 2. The first-order valence-electron chi connectivity index (χ1n) is 14.3. The molecule has 6 rings (SSSR count). The molecular formula is C32H31N5O2S3. The van der Waals surface area contributed by atoms with E-state index in [0.717, 1.165) is 32.1 Å². The minimum atomic E-state index is -0.353. The Morgan fingerprint density at radius 3 is 2.55 bits per heavy atom. The number of hydrogen-bond acceptors (Lipinski definition) is 8. The summed E-state index contributed by atoms with van der Waals surface area (Å²) >= 11 is 8.53. The molecule has 10 heteroatoms. The zero-order chi connectivity index (χ0) is 29.4. The van der Waals surface area contributed by atoms with Crippen molar-refractivity contribution in [1.29, 1.82) is 0 Å². The third kappa shape index (κ3) is 5.34. The highest BCUT2D eigenvalue weighted by molar-refractivity contribution is 7.80. The lowest BCUT2D eigenvalue weighted by Crippen LogP contribution is -2.55. The van der Waals surface area contributed by atoms with E-state index in [0.29, 0.717) is 36.1 Å². The summed E-state index contributed by atoms with van der Waals surface area (Å²) in [5, 5.41) is 9.74. The summed E-state index contributed by atoms with van der Waals surface area (Å²) in [6.45, 7) is 6.81. The van der Waals surface area contributed by atoms with Crippen molar-refractivity contribution < 1.29 is 9.59 Å². The number of thiocarbonyl (C=S) groups is 1. The predicted molar refractivity (Wildman–Crippen MR) is 174 cm³/mol. The van der Waals surface area contributed by atoms with Crippen LogP contribution in [0.3, 0.4) is 0 Å². The maximum absolute atomic E-state index is 13.8. The van der Waals surface area contributed by atoms with Gasteiger partial charge in [0.1, 0.15) is 10.4 Å². The fourth-order valence-electron chi connectivity index (χ4n) is 5.72. The largest absolute Gasteiger partial charge is 0.285 e. The number of fused-ring (bicyclic) bond motifs is 2. The van der Waals surface area contributed by atoms with Crippen LogP contribution in [0.25, 0.3) is 15.1 Å². The number of likely N-dealkylation sites (N-methyl/N-ethyl adjacent to an activating group) is 1. The summed E-state index contributed by atoms with van der Waals surface area (Å²) in [5.41, 5.74) is 5.47. The van der Waals surface area contributed by atoms with Crippen LogP contribution in [0.5, 0.6) is 0 Å². The van der Waals surface area contributed by atoms with Crippen LogP contribution in [-0.2, 0) is 22.6 Å². The van der Waals surface area contributed by atoms with Gasteiger partial charge in [0.2, 0.25) is 5.13 Å². The first kappa shape index (κ1) is 28.5. The van der Waals surface area contributed by atoms with Gasteiger partial charge >= 0.3 is 0 Å². The fourth-order valence-corrected chi connectivity index (χ4v) is 8.23. The molecule has 214 valence electrons. The van der Waals surface area contributed by atoms with Gasteiger partial charge in [-0.15, -0.1) is 21.6 Å². The summed E-state index contributed by atoms with van der Waals surface area (Å²) < 4.78 is 0.953. The standard InChI is InChI=1S/C32H31N5O2S3/c1-4-23(27-29(38)36(5-2)32(40)37(30(27)39)18-20-11-7-6-8-12-20)25-17-26-28(41-25)33-31(42-26)35-34-22-14-15-24-19(3)10-9-13-21(24)16-22/h6-8,11-12,14-17,19H,4-5,9-10,13,18H2,1-3H3/b27-23+,35-34?. The molecule has 1 saturated heterocycles. The molecule has 0 bridgehead atoms. The van der Waals surface area contributed by atoms with E-state index in [2.05, 4.69) is 29.3 Å². The first-order chi connectivity index (χ1) is 20.4. The van der Waals surface area contributed by atoms with Crippen LogP contribution in [0.4, 0.5) is 10.8 Å². The maximum atomic E-state index is 13.8. The number of benzene rings is 2. The zero-order valence-electron chi connectivity index (χ0n) is 23.8. The highest BCUT2D eigenvalue weighted by Crippen LogP contribution is 2.40. The Labute approximate surface area is 258 Å². The summed E-state index contributed by atoms with van der Waals surface area (Å²) in [6, 6.07) is 18.1. The molecule has 0 N–H and O–H groups in total. The van der Waals surface area contributed by atoms with Crippen LogP contribution in [0.1, 0.15) is 67.5 Å². The van der Waals surface area contributed by atoms with Gasteiger partial charge in [0.25, 0.3) is 11.8 Å². The average Bonchev–Trinajstić information content (AvgIpc) is 3.56. The van der Waals surface area contributed by atoms with Gasteiger partial charge in [0.05, 0.1) is 16.9 Å². The van der Waals surface area contributed by atoms with Crippen molar-refractivity contribution in [3.05, 3.63) is 81.7 Å². The summed E-state index contributed by atoms with van der Waals surface area (Å²) in [5.74, 6) is -0.100. The van der Waals surface area contributed by atoms with Crippen molar-refractivity contribution in [3.8, 4) is 0 Å². The van der Waals surface area contributed by atoms with Gasteiger partial charge in [0, 0.05) is 11.4 Å². The third-order valence-corrected chi connectivity index (χ3v) is 10.4.